The van der Waals surface area contributed by atoms with E-state index in [1.54, 1.807) is 11.3 Å². The van der Waals surface area contributed by atoms with Crippen molar-refractivity contribution >= 4 is 33.3 Å². The monoisotopic (exact) mass is 381 g/mol. The van der Waals surface area contributed by atoms with Crippen LogP contribution in [0.25, 0.3) is 10.2 Å². The molecule has 0 atom stereocenters. The molecule has 0 unspecified atom stereocenters. The summed E-state index contributed by atoms with van der Waals surface area (Å²) in [5.41, 5.74) is 2.59. The van der Waals surface area contributed by atoms with E-state index in [-0.39, 0.29) is 6.42 Å². The van der Waals surface area contributed by atoms with Gasteiger partial charge in [-0.15, -0.1) is 11.3 Å². The van der Waals surface area contributed by atoms with Gasteiger partial charge in [0.15, 0.2) is 0 Å². The van der Waals surface area contributed by atoms with Gasteiger partial charge in [0.25, 0.3) is 0 Å². The van der Waals surface area contributed by atoms with Gasteiger partial charge in [0.1, 0.15) is 16.5 Å². The number of aryl methyl sites for hydroxylation is 2. The number of carbonyl (C=O) groups is 1. The molecule has 1 aromatic carbocycles. The van der Waals surface area contributed by atoms with Crippen LogP contribution in [0.3, 0.4) is 0 Å². The third kappa shape index (κ3) is 4.11. The zero-order valence-electron chi connectivity index (χ0n) is 15.2. The molecule has 0 spiro atoms. The van der Waals surface area contributed by atoms with Crippen molar-refractivity contribution < 1.29 is 9.90 Å². The lowest BCUT2D eigenvalue weighted by atomic mass is 9.97. The lowest BCUT2D eigenvalue weighted by Crippen LogP contribution is -2.09. The van der Waals surface area contributed by atoms with E-state index in [0.717, 1.165) is 34.7 Å². The summed E-state index contributed by atoms with van der Waals surface area (Å²) >= 11 is 1.80. The Labute approximate surface area is 162 Å². The molecule has 0 bridgehead atoms. The fraction of sp³-hybridized carbons (Fsp3) is 0.381. The number of nitrogens with one attached hydrogen (secondary N) is 1. The topological polar surface area (TPSA) is 75.1 Å². The first-order valence-electron chi connectivity index (χ1n) is 9.51. The molecular formula is C21H23N3O2S. The molecule has 5 nitrogen and oxygen atoms in total. The van der Waals surface area contributed by atoms with E-state index in [1.165, 1.54) is 28.8 Å². The highest BCUT2D eigenvalue weighted by Gasteiger charge is 2.21. The van der Waals surface area contributed by atoms with Gasteiger partial charge in [0.2, 0.25) is 0 Å². The number of carboxylic acid groups (broad SMARTS) is 1. The summed E-state index contributed by atoms with van der Waals surface area (Å²) in [7, 11) is 0. The molecule has 0 amide bonds. The van der Waals surface area contributed by atoms with Crippen LogP contribution in [-0.2, 0) is 24.1 Å². The number of anilines is 1. The summed E-state index contributed by atoms with van der Waals surface area (Å²) in [4.78, 5) is 23.0. The highest BCUT2D eigenvalue weighted by molar-refractivity contribution is 7.19. The number of nitrogens with zero attached hydrogens (tertiary/aromatic N) is 2. The third-order valence-electron chi connectivity index (χ3n) is 4.93. The van der Waals surface area contributed by atoms with E-state index in [9.17, 15) is 4.79 Å². The second-order valence-electron chi connectivity index (χ2n) is 6.97. The summed E-state index contributed by atoms with van der Waals surface area (Å²) in [6, 6.07) is 10.3. The molecule has 4 rings (SSSR count). The predicted octanol–water partition coefficient (Wildman–Crippen LogP) is 4.44. The van der Waals surface area contributed by atoms with Gasteiger partial charge in [-0.25, -0.2) is 9.97 Å². The average molecular weight is 382 g/mol. The molecule has 0 saturated carbocycles. The summed E-state index contributed by atoms with van der Waals surface area (Å²) in [5.74, 6) is 0.922. The van der Waals surface area contributed by atoms with E-state index in [2.05, 4.69) is 17.4 Å². The Hall–Kier alpha value is -2.47. The summed E-state index contributed by atoms with van der Waals surface area (Å²) in [6.45, 7) is 0.605. The minimum atomic E-state index is -0.762. The zero-order chi connectivity index (χ0) is 18.6. The molecule has 2 heterocycles. The summed E-state index contributed by atoms with van der Waals surface area (Å²) in [6.07, 6.45) is 6.11. The largest absolute Gasteiger partial charge is 0.481 e. The number of fused-ring (bicyclic) bond motifs is 3. The van der Waals surface area contributed by atoms with E-state index in [1.807, 2.05) is 18.2 Å². The Morgan fingerprint density at radius 2 is 1.96 bits per heavy atom. The number of rotatable bonds is 7. The molecule has 6 heteroatoms. The van der Waals surface area contributed by atoms with Crippen LogP contribution in [0.2, 0.25) is 0 Å². The second kappa shape index (κ2) is 8.05. The second-order valence-corrected chi connectivity index (χ2v) is 8.05. The molecule has 1 aliphatic carbocycles. The van der Waals surface area contributed by atoms with Crippen LogP contribution < -0.4 is 5.32 Å². The number of hydrogen-bond donors (Lipinski definition) is 2. The molecule has 0 aliphatic heterocycles. The summed E-state index contributed by atoms with van der Waals surface area (Å²) in [5, 5.41) is 13.4. The van der Waals surface area contributed by atoms with Gasteiger partial charge in [0.05, 0.1) is 5.39 Å². The molecule has 0 radical (unpaired) electrons. The fourth-order valence-electron chi connectivity index (χ4n) is 3.63. The van der Waals surface area contributed by atoms with Crippen molar-refractivity contribution in [3.8, 4) is 0 Å². The molecule has 2 aromatic heterocycles. The van der Waals surface area contributed by atoms with Gasteiger partial charge in [-0.1, -0.05) is 30.3 Å². The average Bonchev–Trinajstić information content (AvgIpc) is 3.04. The fourth-order valence-corrected chi connectivity index (χ4v) is 4.91. The number of benzene rings is 1. The minimum Gasteiger partial charge on any atom is -0.481 e. The molecule has 2 N–H and O–H groups in total. The third-order valence-corrected chi connectivity index (χ3v) is 6.11. The molecule has 1 aliphatic rings. The SMILES string of the molecule is O=C(O)CCCNc1nc(Cc2ccccc2)nc2sc3c(c12)CCCC3. The zero-order valence-corrected chi connectivity index (χ0v) is 16.0. The van der Waals surface area contributed by atoms with Crippen molar-refractivity contribution in [1.82, 2.24) is 9.97 Å². The number of aliphatic carboxylic acids is 1. The van der Waals surface area contributed by atoms with Crippen LogP contribution in [-0.4, -0.2) is 27.6 Å². The van der Waals surface area contributed by atoms with Crippen LogP contribution in [0.1, 0.15) is 47.5 Å². The van der Waals surface area contributed by atoms with Gasteiger partial charge in [-0.05, 0) is 43.2 Å². The predicted molar refractivity (Wildman–Crippen MR) is 109 cm³/mol. The Morgan fingerprint density at radius 3 is 2.78 bits per heavy atom. The van der Waals surface area contributed by atoms with Gasteiger partial charge in [0, 0.05) is 24.3 Å². The number of thiophene rings is 1. The van der Waals surface area contributed by atoms with Gasteiger partial charge in [-0.2, -0.15) is 0 Å². The van der Waals surface area contributed by atoms with E-state index < -0.39 is 5.97 Å². The van der Waals surface area contributed by atoms with E-state index in [4.69, 9.17) is 15.1 Å². The standard InChI is InChI=1S/C21H23N3O2S/c25-18(26)11-6-12-22-20-19-15-9-4-5-10-16(15)27-21(19)24-17(23-20)13-14-7-2-1-3-8-14/h1-3,7-8H,4-6,9-13H2,(H,25,26)(H,22,23,24). The maximum atomic E-state index is 10.8. The highest BCUT2D eigenvalue weighted by atomic mass is 32.1. The molecule has 0 fully saturated rings. The van der Waals surface area contributed by atoms with Crippen LogP contribution in [0.15, 0.2) is 30.3 Å². The van der Waals surface area contributed by atoms with E-state index >= 15 is 0 Å². The minimum absolute atomic E-state index is 0.167. The molecule has 3 aromatic rings. The van der Waals surface area contributed by atoms with Gasteiger partial charge >= 0.3 is 5.97 Å². The summed E-state index contributed by atoms with van der Waals surface area (Å²) < 4.78 is 0. The van der Waals surface area contributed by atoms with Crippen LogP contribution in [0, 0.1) is 0 Å². The first-order chi connectivity index (χ1) is 13.2. The van der Waals surface area contributed by atoms with Crippen molar-refractivity contribution in [2.45, 2.75) is 44.9 Å². The quantitative estimate of drug-likeness (QED) is 0.592. The molecular weight excluding hydrogens is 358 g/mol. The Morgan fingerprint density at radius 1 is 1.15 bits per heavy atom. The van der Waals surface area contributed by atoms with Crippen LogP contribution in [0.5, 0.6) is 0 Å². The Kier molecular flexibility index (Phi) is 5.34. The normalized spacial score (nSPS) is 13.5. The maximum Gasteiger partial charge on any atom is 0.303 e. The van der Waals surface area contributed by atoms with Crippen LogP contribution in [0.4, 0.5) is 5.82 Å². The van der Waals surface area contributed by atoms with E-state index in [0.29, 0.717) is 19.4 Å². The molecule has 27 heavy (non-hydrogen) atoms. The van der Waals surface area contributed by atoms with Crippen molar-refractivity contribution in [2.75, 3.05) is 11.9 Å². The van der Waals surface area contributed by atoms with Crippen molar-refractivity contribution in [1.29, 1.82) is 0 Å². The highest BCUT2D eigenvalue weighted by Crippen LogP contribution is 2.38. The maximum absolute atomic E-state index is 10.8. The molecule has 0 saturated heterocycles. The first-order valence-corrected chi connectivity index (χ1v) is 10.3. The van der Waals surface area contributed by atoms with Crippen molar-refractivity contribution in [3.05, 3.63) is 52.2 Å². The number of aromatic nitrogens is 2. The number of hydrogen-bond acceptors (Lipinski definition) is 5. The van der Waals surface area contributed by atoms with Crippen LogP contribution >= 0.6 is 11.3 Å². The lowest BCUT2D eigenvalue weighted by molar-refractivity contribution is -0.137. The number of carboxylic acids is 1. The first kappa shape index (κ1) is 17.9. The van der Waals surface area contributed by atoms with Gasteiger partial charge < -0.3 is 10.4 Å². The molecule has 140 valence electrons. The Balaban J connectivity index is 1.67. The Bertz CT molecular complexity index is 953. The van der Waals surface area contributed by atoms with Crippen molar-refractivity contribution in [2.24, 2.45) is 0 Å². The van der Waals surface area contributed by atoms with Crippen molar-refractivity contribution in [3.63, 3.8) is 0 Å². The lowest BCUT2D eigenvalue weighted by Gasteiger charge is -2.13. The van der Waals surface area contributed by atoms with Gasteiger partial charge in [-0.3, -0.25) is 4.79 Å². The smallest absolute Gasteiger partial charge is 0.303 e.